The Labute approximate surface area is 120 Å². The molecule has 1 aliphatic rings. The van der Waals surface area contributed by atoms with Gasteiger partial charge in [0.2, 0.25) is 5.09 Å². The van der Waals surface area contributed by atoms with Gasteiger partial charge in [0, 0.05) is 20.2 Å². The van der Waals surface area contributed by atoms with E-state index >= 15 is 0 Å². The van der Waals surface area contributed by atoms with Crippen molar-refractivity contribution in [3.8, 4) is 0 Å². The van der Waals surface area contributed by atoms with E-state index in [4.69, 9.17) is 9.15 Å². The van der Waals surface area contributed by atoms with Crippen molar-refractivity contribution in [2.24, 2.45) is 0 Å². The van der Waals surface area contributed by atoms with Crippen molar-refractivity contribution in [1.29, 1.82) is 0 Å². The molecule has 114 valence electrons. The predicted molar refractivity (Wildman–Crippen MR) is 74.9 cm³/mol. The summed E-state index contributed by atoms with van der Waals surface area (Å²) in [5.41, 5.74) is 0. The summed E-state index contributed by atoms with van der Waals surface area (Å²) in [6, 6.07) is 3.23. The van der Waals surface area contributed by atoms with Crippen LogP contribution in [0, 0.1) is 0 Å². The zero-order valence-corrected chi connectivity index (χ0v) is 12.8. The first-order chi connectivity index (χ1) is 9.57. The second kappa shape index (κ2) is 6.71. The third-order valence-corrected chi connectivity index (χ3v) is 5.19. The van der Waals surface area contributed by atoms with Gasteiger partial charge in [-0.3, -0.25) is 0 Å². The van der Waals surface area contributed by atoms with Gasteiger partial charge in [-0.05, 0) is 31.5 Å². The highest BCUT2D eigenvalue weighted by Gasteiger charge is 2.32. The summed E-state index contributed by atoms with van der Waals surface area (Å²) in [7, 11) is -1.94. The highest BCUT2D eigenvalue weighted by Crippen LogP contribution is 2.23. The van der Waals surface area contributed by atoms with E-state index in [1.807, 2.05) is 6.92 Å². The fraction of sp³-hybridized carbons (Fsp3) is 0.692. The van der Waals surface area contributed by atoms with Gasteiger partial charge in [0.25, 0.3) is 10.0 Å². The van der Waals surface area contributed by atoms with E-state index in [0.717, 1.165) is 19.4 Å². The highest BCUT2D eigenvalue weighted by molar-refractivity contribution is 7.89. The van der Waals surface area contributed by atoms with Crippen LogP contribution in [-0.2, 0) is 21.3 Å². The number of rotatable bonds is 6. The number of sulfonamides is 1. The summed E-state index contributed by atoms with van der Waals surface area (Å²) in [6.07, 6.45) is 1.67. The van der Waals surface area contributed by atoms with E-state index in [1.165, 1.54) is 10.4 Å². The minimum absolute atomic E-state index is 0.0159. The maximum Gasteiger partial charge on any atom is 0.276 e. The molecule has 2 heterocycles. The van der Waals surface area contributed by atoms with Gasteiger partial charge in [-0.15, -0.1) is 0 Å². The minimum atomic E-state index is -3.55. The van der Waals surface area contributed by atoms with Crippen LogP contribution in [0.15, 0.2) is 21.6 Å². The second-order valence-corrected chi connectivity index (χ2v) is 6.73. The van der Waals surface area contributed by atoms with Crippen molar-refractivity contribution in [2.45, 2.75) is 37.5 Å². The Kier molecular flexibility index (Phi) is 5.20. The van der Waals surface area contributed by atoms with Gasteiger partial charge < -0.3 is 14.5 Å². The number of ether oxygens (including phenoxy) is 1. The number of nitrogens with zero attached hydrogens (tertiary/aromatic N) is 1. The van der Waals surface area contributed by atoms with Gasteiger partial charge in [-0.2, -0.15) is 4.31 Å². The van der Waals surface area contributed by atoms with Gasteiger partial charge in [0.05, 0.1) is 12.6 Å². The van der Waals surface area contributed by atoms with Crippen LogP contribution in [0.3, 0.4) is 0 Å². The third kappa shape index (κ3) is 3.41. The van der Waals surface area contributed by atoms with Crippen molar-refractivity contribution >= 4 is 10.0 Å². The summed E-state index contributed by atoms with van der Waals surface area (Å²) >= 11 is 0. The number of methoxy groups -OCH3 is 1. The predicted octanol–water partition coefficient (Wildman–Crippen LogP) is 1.19. The average molecular weight is 302 g/mol. The Balaban J connectivity index is 2.11. The van der Waals surface area contributed by atoms with Crippen molar-refractivity contribution in [1.82, 2.24) is 9.62 Å². The van der Waals surface area contributed by atoms with E-state index in [2.05, 4.69) is 5.32 Å². The van der Waals surface area contributed by atoms with Crippen LogP contribution in [-0.4, -0.2) is 45.6 Å². The molecule has 0 spiro atoms. The van der Waals surface area contributed by atoms with E-state index in [1.54, 1.807) is 13.2 Å². The maximum absolute atomic E-state index is 12.5. The zero-order chi connectivity index (χ0) is 14.6. The number of nitrogens with one attached hydrogen (secondary N) is 1. The molecular weight excluding hydrogens is 280 g/mol. The summed E-state index contributed by atoms with van der Waals surface area (Å²) in [5.74, 6) is 0.630. The lowest BCUT2D eigenvalue weighted by Gasteiger charge is -2.30. The molecule has 1 aromatic heterocycles. The molecule has 1 unspecified atom stereocenters. The molecule has 1 atom stereocenters. The summed E-state index contributed by atoms with van der Waals surface area (Å²) in [4.78, 5) is 0. The second-order valence-electron chi connectivity index (χ2n) is 4.86. The molecule has 6 nitrogen and oxygen atoms in total. The first kappa shape index (κ1) is 15.5. The molecule has 20 heavy (non-hydrogen) atoms. The molecule has 1 fully saturated rings. The van der Waals surface area contributed by atoms with Crippen LogP contribution in [0.1, 0.15) is 25.5 Å². The molecule has 1 N–H and O–H groups in total. The standard InChI is InChI=1S/C13H22N2O4S/c1-3-14-9-11-6-7-13(19-11)20(16,17)15-8-4-5-12(10-15)18-2/h6-7,12,14H,3-5,8-10H2,1-2H3. The normalized spacial score (nSPS) is 21.2. The molecular formula is C13H22N2O4S. The van der Waals surface area contributed by atoms with Gasteiger partial charge in [0.15, 0.2) is 0 Å². The van der Waals surface area contributed by atoms with Gasteiger partial charge in [-0.25, -0.2) is 8.42 Å². The maximum atomic E-state index is 12.5. The molecule has 1 aliphatic heterocycles. The molecule has 0 aliphatic carbocycles. The Morgan fingerprint density at radius 2 is 2.30 bits per heavy atom. The lowest BCUT2D eigenvalue weighted by Crippen LogP contribution is -2.42. The zero-order valence-electron chi connectivity index (χ0n) is 12.0. The van der Waals surface area contributed by atoms with Crippen molar-refractivity contribution in [2.75, 3.05) is 26.7 Å². The third-order valence-electron chi connectivity index (χ3n) is 3.45. The van der Waals surface area contributed by atoms with Crippen LogP contribution >= 0.6 is 0 Å². The number of piperidine rings is 1. The van der Waals surface area contributed by atoms with Crippen molar-refractivity contribution < 1.29 is 17.6 Å². The first-order valence-corrected chi connectivity index (χ1v) is 8.34. The monoisotopic (exact) mass is 302 g/mol. The molecule has 2 rings (SSSR count). The van der Waals surface area contributed by atoms with E-state index in [-0.39, 0.29) is 11.2 Å². The lowest BCUT2D eigenvalue weighted by atomic mass is 10.1. The van der Waals surface area contributed by atoms with Gasteiger partial charge >= 0.3 is 0 Å². The average Bonchev–Trinajstić information content (AvgIpc) is 2.94. The molecule has 1 saturated heterocycles. The summed E-state index contributed by atoms with van der Waals surface area (Å²) in [6.45, 7) is 4.24. The van der Waals surface area contributed by atoms with Crippen LogP contribution in [0.25, 0.3) is 0 Å². The summed E-state index contributed by atoms with van der Waals surface area (Å²) in [5, 5.41) is 3.12. The smallest absolute Gasteiger partial charge is 0.276 e. The molecule has 1 aromatic rings. The topological polar surface area (TPSA) is 71.8 Å². The van der Waals surface area contributed by atoms with Crippen molar-refractivity contribution in [3.05, 3.63) is 17.9 Å². The molecule has 7 heteroatoms. The van der Waals surface area contributed by atoms with E-state index < -0.39 is 10.0 Å². The Morgan fingerprint density at radius 1 is 1.50 bits per heavy atom. The number of furan rings is 1. The lowest BCUT2D eigenvalue weighted by molar-refractivity contribution is 0.0567. The molecule has 0 aromatic carbocycles. The van der Waals surface area contributed by atoms with Crippen LogP contribution in [0.5, 0.6) is 0 Å². The van der Waals surface area contributed by atoms with Gasteiger partial charge in [-0.1, -0.05) is 6.92 Å². The van der Waals surface area contributed by atoms with Crippen LogP contribution in [0.4, 0.5) is 0 Å². The molecule has 0 saturated carbocycles. The van der Waals surface area contributed by atoms with E-state index in [9.17, 15) is 8.42 Å². The fourth-order valence-corrected chi connectivity index (χ4v) is 3.72. The largest absolute Gasteiger partial charge is 0.447 e. The Bertz CT molecular complexity index is 526. The van der Waals surface area contributed by atoms with Crippen LogP contribution < -0.4 is 5.32 Å². The number of hydrogen-bond donors (Lipinski definition) is 1. The van der Waals surface area contributed by atoms with Crippen molar-refractivity contribution in [3.63, 3.8) is 0 Å². The highest BCUT2D eigenvalue weighted by atomic mass is 32.2. The van der Waals surface area contributed by atoms with Gasteiger partial charge in [0.1, 0.15) is 5.76 Å². The first-order valence-electron chi connectivity index (χ1n) is 6.90. The fourth-order valence-electron chi connectivity index (χ4n) is 2.28. The SMILES string of the molecule is CCNCc1ccc(S(=O)(=O)N2CCCC(OC)C2)o1. The molecule has 0 radical (unpaired) electrons. The number of hydrogen-bond acceptors (Lipinski definition) is 5. The van der Waals surface area contributed by atoms with Crippen LogP contribution in [0.2, 0.25) is 0 Å². The Morgan fingerprint density at radius 3 is 3.00 bits per heavy atom. The molecule has 0 amide bonds. The summed E-state index contributed by atoms with van der Waals surface area (Å²) < 4.78 is 37.1. The molecule has 0 bridgehead atoms. The Hall–Kier alpha value is -0.890. The minimum Gasteiger partial charge on any atom is -0.447 e. The van der Waals surface area contributed by atoms with E-state index in [0.29, 0.717) is 25.4 Å². The quantitative estimate of drug-likeness (QED) is 0.854.